The minimum atomic E-state index is -0.797. The summed E-state index contributed by atoms with van der Waals surface area (Å²) in [6, 6.07) is 10.5. The van der Waals surface area contributed by atoms with Crippen LogP contribution in [0.25, 0.3) is 6.08 Å². The first-order valence-electron chi connectivity index (χ1n) is 7.02. The molecule has 1 aliphatic rings. The molecule has 0 spiro atoms. The van der Waals surface area contributed by atoms with Crippen LogP contribution in [0.4, 0.5) is 10.5 Å². The van der Waals surface area contributed by atoms with E-state index in [0.717, 1.165) is 9.37 Å². The minimum absolute atomic E-state index is 0.105. The van der Waals surface area contributed by atoms with E-state index in [4.69, 9.17) is 0 Å². The van der Waals surface area contributed by atoms with Gasteiger partial charge in [-0.1, -0.05) is 22.0 Å². The van der Waals surface area contributed by atoms with Crippen LogP contribution in [-0.4, -0.2) is 23.0 Å². The third-order valence-electron chi connectivity index (χ3n) is 3.47. The first-order chi connectivity index (χ1) is 11.9. The maximum Gasteiger partial charge on any atom is 0.335 e. The highest BCUT2D eigenvalue weighted by Crippen LogP contribution is 2.25. The summed E-state index contributed by atoms with van der Waals surface area (Å²) in [5.41, 5.74) is 0.749. The van der Waals surface area contributed by atoms with Crippen LogP contribution in [0.15, 0.2) is 52.5 Å². The van der Waals surface area contributed by atoms with Gasteiger partial charge in [0.2, 0.25) is 0 Å². The second-order valence-corrected chi connectivity index (χ2v) is 7.22. The molecule has 2 N–H and O–H groups in total. The maximum atomic E-state index is 12.7. The molecule has 2 aromatic rings. The molecule has 6 nitrogen and oxygen atoms in total. The lowest BCUT2D eigenvalue weighted by Gasteiger charge is -2.26. The normalized spacial score (nSPS) is 16.3. The third kappa shape index (κ3) is 3.59. The molecule has 0 unspecified atom stereocenters. The van der Waals surface area contributed by atoms with Crippen LogP contribution in [0.3, 0.4) is 0 Å². The Kier molecular flexibility index (Phi) is 4.91. The molecule has 1 heterocycles. The Hall–Kier alpha value is -2.20. The molecule has 0 bridgehead atoms. The highest BCUT2D eigenvalue weighted by atomic mass is 127. The minimum Gasteiger partial charge on any atom is -0.507 e. The van der Waals surface area contributed by atoms with E-state index in [1.54, 1.807) is 36.4 Å². The van der Waals surface area contributed by atoms with Gasteiger partial charge in [0.25, 0.3) is 11.8 Å². The molecule has 0 aromatic heterocycles. The third-order valence-corrected chi connectivity index (χ3v) is 4.86. The number of aromatic hydroxyl groups is 1. The fraction of sp³-hybridized carbons (Fsp3) is 0. The molecule has 1 saturated heterocycles. The number of anilines is 1. The van der Waals surface area contributed by atoms with Gasteiger partial charge in [-0.3, -0.25) is 14.9 Å². The van der Waals surface area contributed by atoms with Crippen molar-refractivity contribution >= 4 is 68.1 Å². The highest BCUT2D eigenvalue weighted by Gasteiger charge is 2.36. The number of nitrogens with one attached hydrogen (secondary N) is 1. The van der Waals surface area contributed by atoms with Crippen LogP contribution >= 0.6 is 38.5 Å². The van der Waals surface area contributed by atoms with Gasteiger partial charge >= 0.3 is 6.03 Å². The van der Waals surface area contributed by atoms with Crippen LogP contribution < -0.4 is 10.2 Å². The number of nitrogens with zero attached hydrogens (tertiary/aromatic N) is 1. The monoisotopic (exact) mass is 512 g/mol. The van der Waals surface area contributed by atoms with E-state index in [1.165, 1.54) is 12.1 Å². The van der Waals surface area contributed by atoms with Crippen LogP contribution in [0.2, 0.25) is 0 Å². The Balaban J connectivity index is 2.01. The van der Waals surface area contributed by atoms with Crippen LogP contribution in [0.5, 0.6) is 5.75 Å². The van der Waals surface area contributed by atoms with Crippen molar-refractivity contribution in [3.63, 3.8) is 0 Å². The second-order valence-electron chi connectivity index (χ2n) is 5.15. The number of benzene rings is 2. The van der Waals surface area contributed by atoms with Gasteiger partial charge in [-0.15, -0.1) is 0 Å². The van der Waals surface area contributed by atoms with E-state index < -0.39 is 17.8 Å². The molecule has 0 saturated carbocycles. The summed E-state index contributed by atoms with van der Waals surface area (Å²) in [4.78, 5) is 37.8. The summed E-state index contributed by atoms with van der Waals surface area (Å²) in [6.07, 6.45) is 1.39. The second kappa shape index (κ2) is 6.96. The van der Waals surface area contributed by atoms with Gasteiger partial charge < -0.3 is 5.11 Å². The predicted octanol–water partition coefficient (Wildman–Crippen LogP) is 3.43. The number of phenolic OH excluding ortho intramolecular Hbond substituents is 1. The van der Waals surface area contributed by atoms with Gasteiger partial charge in [-0.2, -0.15) is 0 Å². The zero-order valence-corrected chi connectivity index (χ0v) is 16.2. The van der Waals surface area contributed by atoms with E-state index in [-0.39, 0.29) is 11.3 Å². The number of carbonyl (C=O) groups is 3. The Morgan fingerprint density at radius 1 is 1.08 bits per heavy atom. The Labute approximate surface area is 164 Å². The topological polar surface area (TPSA) is 86.7 Å². The number of hydrogen-bond donors (Lipinski definition) is 2. The Bertz CT molecular complexity index is 925. The van der Waals surface area contributed by atoms with Gasteiger partial charge in [0, 0.05) is 4.47 Å². The summed E-state index contributed by atoms with van der Waals surface area (Å²) >= 11 is 5.23. The van der Waals surface area contributed by atoms with Crippen molar-refractivity contribution < 1.29 is 19.5 Å². The predicted molar refractivity (Wildman–Crippen MR) is 104 cm³/mol. The average molecular weight is 513 g/mol. The smallest absolute Gasteiger partial charge is 0.335 e. The first kappa shape index (κ1) is 17.6. The molecule has 0 aliphatic carbocycles. The van der Waals surface area contributed by atoms with Crippen molar-refractivity contribution in [2.75, 3.05) is 4.90 Å². The lowest BCUT2D eigenvalue weighted by atomic mass is 10.1. The number of hydrogen-bond acceptors (Lipinski definition) is 4. The summed E-state index contributed by atoms with van der Waals surface area (Å²) < 4.78 is 1.38. The molecular formula is C17H10BrIN2O4. The van der Waals surface area contributed by atoms with E-state index >= 15 is 0 Å². The summed E-state index contributed by atoms with van der Waals surface area (Å²) in [6.45, 7) is 0. The molecular weight excluding hydrogens is 503 g/mol. The Morgan fingerprint density at radius 2 is 1.76 bits per heavy atom. The first-order valence-corrected chi connectivity index (χ1v) is 8.89. The highest BCUT2D eigenvalue weighted by molar-refractivity contribution is 14.1. The summed E-state index contributed by atoms with van der Waals surface area (Å²) in [5, 5.41) is 11.7. The molecule has 8 heteroatoms. The van der Waals surface area contributed by atoms with Crippen molar-refractivity contribution in [3.05, 3.63) is 61.6 Å². The lowest BCUT2D eigenvalue weighted by Crippen LogP contribution is -2.54. The van der Waals surface area contributed by atoms with Crippen molar-refractivity contribution in [2.45, 2.75) is 0 Å². The lowest BCUT2D eigenvalue weighted by molar-refractivity contribution is -0.122. The number of rotatable bonds is 2. The van der Waals surface area contributed by atoms with Crippen LogP contribution in [0, 0.1) is 3.57 Å². The number of halogens is 2. The SMILES string of the molecule is O=C1NC(=O)N(c2ccc(Br)cc2)C(=O)/C1=C/c1ccc(O)c(I)c1. The number of urea groups is 1. The van der Waals surface area contributed by atoms with Gasteiger partial charge in [0.05, 0.1) is 9.26 Å². The number of amides is 4. The van der Waals surface area contributed by atoms with Crippen LogP contribution in [-0.2, 0) is 9.59 Å². The fourth-order valence-corrected chi connectivity index (χ4v) is 3.07. The average Bonchev–Trinajstić information content (AvgIpc) is 2.56. The molecule has 0 atom stereocenters. The van der Waals surface area contributed by atoms with E-state index in [1.807, 2.05) is 22.6 Å². The number of phenols is 1. The largest absolute Gasteiger partial charge is 0.507 e. The fourth-order valence-electron chi connectivity index (χ4n) is 2.26. The molecule has 1 fully saturated rings. The van der Waals surface area contributed by atoms with Gasteiger partial charge in [-0.05, 0) is 70.6 Å². The van der Waals surface area contributed by atoms with Gasteiger partial charge in [0.1, 0.15) is 11.3 Å². The number of imide groups is 2. The molecule has 3 rings (SSSR count). The standard InChI is InChI=1S/C17H10BrIN2O4/c18-10-2-4-11(5-3-10)21-16(24)12(15(23)20-17(21)25)7-9-1-6-14(22)13(19)8-9/h1-8,22H,(H,20,23,25)/b12-7+. The van der Waals surface area contributed by atoms with E-state index in [0.29, 0.717) is 14.8 Å². The molecule has 25 heavy (non-hydrogen) atoms. The molecule has 1 aliphatic heterocycles. The summed E-state index contributed by atoms with van der Waals surface area (Å²) in [7, 11) is 0. The van der Waals surface area contributed by atoms with Gasteiger partial charge in [-0.25, -0.2) is 9.69 Å². The van der Waals surface area contributed by atoms with Gasteiger partial charge in [0.15, 0.2) is 0 Å². The molecule has 2 aromatic carbocycles. The van der Waals surface area contributed by atoms with E-state index in [9.17, 15) is 19.5 Å². The van der Waals surface area contributed by atoms with Crippen molar-refractivity contribution in [3.8, 4) is 5.75 Å². The summed E-state index contributed by atoms with van der Waals surface area (Å²) in [5.74, 6) is -1.36. The van der Waals surface area contributed by atoms with E-state index in [2.05, 4.69) is 21.2 Å². The molecule has 126 valence electrons. The zero-order chi connectivity index (χ0) is 18.1. The van der Waals surface area contributed by atoms with Crippen LogP contribution in [0.1, 0.15) is 5.56 Å². The van der Waals surface area contributed by atoms with Crippen molar-refractivity contribution in [1.29, 1.82) is 0 Å². The zero-order valence-electron chi connectivity index (χ0n) is 12.5. The maximum absolute atomic E-state index is 12.7. The van der Waals surface area contributed by atoms with Crippen molar-refractivity contribution in [2.24, 2.45) is 0 Å². The number of carbonyl (C=O) groups excluding carboxylic acids is 3. The van der Waals surface area contributed by atoms with Crippen molar-refractivity contribution in [1.82, 2.24) is 5.32 Å². The molecule has 4 amide bonds. The quantitative estimate of drug-likeness (QED) is 0.367. The Morgan fingerprint density at radius 3 is 2.40 bits per heavy atom. The number of barbiturate groups is 1. The molecule has 0 radical (unpaired) electrons.